The van der Waals surface area contributed by atoms with Crippen LogP contribution in [0.2, 0.25) is 0 Å². The molecule has 0 bridgehead atoms. The fourth-order valence-corrected chi connectivity index (χ4v) is 5.16. The van der Waals surface area contributed by atoms with Gasteiger partial charge in [0.2, 0.25) is 5.17 Å². The third-order valence-electron chi connectivity index (χ3n) is 6.09. The van der Waals surface area contributed by atoms with E-state index in [2.05, 4.69) is 21.6 Å². The van der Waals surface area contributed by atoms with Crippen LogP contribution in [-0.2, 0) is 4.79 Å². The van der Waals surface area contributed by atoms with Gasteiger partial charge in [-0.15, -0.1) is 0 Å². The first-order valence-electron chi connectivity index (χ1n) is 11.8. The standard InChI is InChI=1S/C26H31N5O2S/c1-5-6-7-8-9-10-23-29-31-24(27)22(25(32)28-26(31)34-23)16-19-15-17(2)30(18(19)3)20-11-13-21(33-4)14-12-20/h11-16,27H,5-10H2,1-4H3/b22-16+,27-24?. The maximum atomic E-state index is 12.8. The Labute approximate surface area is 205 Å². The highest BCUT2D eigenvalue weighted by atomic mass is 32.2. The van der Waals surface area contributed by atoms with E-state index >= 15 is 0 Å². The average molecular weight is 478 g/mol. The normalized spacial score (nSPS) is 16.7. The Balaban J connectivity index is 1.55. The maximum absolute atomic E-state index is 12.8. The van der Waals surface area contributed by atoms with E-state index in [-0.39, 0.29) is 11.4 Å². The van der Waals surface area contributed by atoms with Crippen LogP contribution in [0, 0.1) is 19.3 Å². The number of fused-ring (bicyclic) bond motifs is 1. The molecule has 1 aromatic heterocycles. The summed E-state index contributed by atoms with van der Waals surface area (Å²) in [6, 6.07) is 9.87. The van der Waals surface area contributed by atoms with Crippen LogP contribution in [0.25, 0.3) is 11.8 Å². The van der Waals surface area contributed by atoms with Crippen molar-refractivity contribution in [1.82, 2.24) is 9.58 Å². The van der Waals surface area contributed by atoms with E-state index < -0.39 is 5.91 Å². The Hall–Kier alpha value is -3.13. The number of methoxy groups -OCH3 is 1. The Morgan fingerprint density at radius 2 is 1.85 bits per heavy atom. The highest BCUT2D eigenvalue weighted by Crippen LogP contribution is 2.31. The predicted molar refractivity (Wildman–Crippen MR) is 140 cm³/mol. The number of aliphatic imine (C=N–C) groups is 1. The van der Waals surface area contributed by atoms with Crippen molar-refractivity contribution in [1.29, 1.82) is 5.41 Å². The minimum absolute atomic E-state index is 0.0812. The number of carbonyl (C=O) groups excluding carboxylic acids is 1. The molecular weight excluding hydrogens is 446 g/mol. The fraction of sp³-hybridized carbons (Fsp3) is 0.385. The van der Waals surface area contributed by atoms with Crippen LogP contribution in [-0.4, -0.2) is 38.6 Å². The lowest BCUT2D eigenvalue weighted by Crippen LogP contribution is -2.35. The number of amides is 1. The number of ether oxygens (including phenoxy) is 1. The molecule has 2 aromatic rings. The molecule has 3 heterocycles. The SMILES string of the molecule is CCCCCCCC1=NN2C(=N)/C(=C\c3cc(C)n(-c4ccc(OC)cc4)c3C)C(=O)N=C2S1. The summed E-state index contributed by atoms with van der Waals surface area (Å²) >= 11 is 1.41. The van der Waals surface area contributed by atoms with Gasteiger partial charge in [0, 0.05) is 17.1 Å². The summed E-state index contributed by atoms with van der Waals surface area (Å²) in [6.07, 6.45) is 8.56. The van der Waals surface area contributed by atoms with E-state index in [1.165, 1.54) is 42.5 Å². The number of thioether (sulfide) groups is 1. The summed E-state index contributed by atoms with van der Waals surface area (Å²) in [7, 11) is 1.65. The van der Waals surface area contributed by atoms with Crippen LogP contribution in [0.1, 0.15) is 62.4 Å². The number of aryl methyl sites for hydroxylation is 1. The molecule has 0 saturated heterocycles. The molecular formula is C26H31N5O2S. The fourth-order valence-electron chi connectivity index (χ4n) is 4.23. The van der Waals surface area contributed by atoms with Crippen molar-refractivity contribution in [2.45, 2.75) is 59.3 Å². The van der Waals surface area contributed by atoms with E-state index in [0.717, 1.165) is 46.3 Å². The molecule has 0 unspecified atom stereocenters. The van der Waals surface area contributed by atoms with Gasteiger partial charge in [-0.3, -0.25) is 10.2 Å². The lowest BCUT2D eigenvalue weighted by Gasteiger charge is -2.20. The third-order valence-corrected chi connectivity index (χ3v) is 7.06. The number of rotatable bonds is 9. The van der Waals surface area contributed by atoms with E-state index in [9.17, 15) is 4.79 Å². The van der Waals surface area contributed by atoms with Crippen LogP contribution in [0.15, 0.2) is 46.0 Å². The average Bonchev–Trinajstić information content (AvgIpc) is 3.36. The first-order valence-corrected chi connectivity index (χ1v) is 12.6. The van der Waals surface area contributed by atoms with Crippen molar-refractivity contribution in [3.8, 4) is 11.4 Å². The van der Waals surface area contributed by atoms with Gasteiger partial charge in [0.1, 0.15) is 10.8 Å². The van der Waals surface area contributed by atoms with E-state index in [4.69, 9.17) is 10.1 Å². The molecule has 0 spiro atoms. The smallest absolute Gasteiger partial charge is 0.283 e. The Morgan fingerprint density at radius 3 is 2.56 bits per heavy atom. The number of hydrazone groups is 1. The zero-order valence-electron chi connectivity index (χ0n) is 20.2. The van der Waals surface area contributed by atoms with E-state index in [0.29, 0.717) is 5.17 Å². The lowest BCUT2D eigenvalue weighted by atomic mass is 10.1. The van der Waals surface area contributed by atoms with Crippen molar-refractivity contribution < 1.29 is 9.53 Å². The van der Waals surface area contributed by atoms with Crippen molar-refractivity contribution in [3.63, 3.8) is 0 Å². The van der Waals surface area contributed by atoms with Crippen molar-refractivity contribution in [2.75, 3.05) is 7.11 Å². The first kappa shape index (κ1) is 24.0. The summed E-state index contributed by atoms with van der Waals surface area (Å²) in [5, 5.41) is 16.2. The minimum Gasteiger partial charge on any atom is -0.497 e. The molecule has 1 N–H and O–H groups in total. The molecule has 0 fully saturated rings. The van der Waals surface area contributed by atoms with Gasteiger partial charge in [-0.05, 0) is 80.4 Å². The largest absolute Gasteiger partial charge is 0.497 e. The highest BCUT2D eigenvalue weighted by Gasteiger charge is 2.35. The second-order valence-electron chi connectivity index (χ2n) is 8.54. The number of hydrogen-bond acceptors (Lipinski definition) is 5. The molecule has 2 aliphatic heterocycles. The Kier molecular flexibility index (Phi) is 7.36. The van der Waals surface area contributed by atoms with E-state index in [1.807, 2.05) is 44.2 Å². The topological polar surface area (TPSA) is 83.0 Å². The second-order valence-corrected chi connectivity index (χ2v) is 9.58. The van der Waals surface area contributed by atoms with Gasteiger partial charge < -0.3 is 9.30 Å². The van der Waals surface area contributed by atoms with Crippen LogP contribution in [0.3, 0.4) is 0 Å². The zero-order valence-corrected chi connectivity index (χ0v) is 21.0. The number of amidine groups is 2. The van der Waals surface area contributed by atoms with Crippen LogP contribution >= 0.6 is 11.8 Å². The molecule has 8 heteroatoms. The van der Waals surface area contributed by atoms with Gasteiger partial charge in [0.15, 0.2) is 5.84 Å². The molecule has 178 valence electrons. The summed E-state index contributed by atoms with van der Waals surface area (Å²) < 4.78 is 7.39. The minimum atomic E-state index is -0.391. The Bertz CT molecular complexity index is 1190. The maximum Gasteiger partial charge on any atom is 0.283 e. The summed E-state index contributed by atoms with van der Waals surface area (Å²) in [5.74, 6) is 0.489. The molecule has 0 aliphatic carbocycles. The van der Waals surface area contributed by atoms with Gasteiger partial charge in [0.05, 0.1) is 12.7 Å². The van der Waals surface area contributed by atoms with Gasteiger partial charge in [-0.25, -0.2) is 0 Å². The van der Waals surface area contributed by atoms with Crippen molar-refractivity contribution in [2.24, 2.45) is 10.1 Å². The number of nitrogens with zero attached hydrogens (tertiary/aromatic N) is 4. The van der Waals surface area contributed by atoms with Crippen molar-refractivity contribution in [3.05, 3.63) is 52.9 Å². The molecule has 0 saturated carbocycles. The lowest BCUT2D eigenvalue weighted by molar-refractivity contribution is -0.114. The molecule has 1 aromatic carbocycles. The molecule has 0 atom stereocenters. The number of nitrogens with one attached hydrogen (secondary N) is 1. The zero-order chi connectivity index (χ0) is 24.2. The van der Waals surface area contributed by atoms with Gasteiger partial charge >= 0.3 is 0 Å². The number of hydrogen-bond donors (Lipinski definition) is 1. The molecule has 4 rings (SSSR count). The summed E-state index contributed by atoms with van der Waals surface area (Å²) in [4.78, 5) is 17.1. The number of aromatic nitrogens is 1. The first-order chi connectivity index (χ1) is 16.4. The van der Waals surface area contributed by atoms with E-state index in [1.54, 1.807) is 13.2 Å². The summed E-state index contributed by atoms with van der Waals surface area (Å²) in [5.41, 5.74) is 4.17. The summed E-state index contributed by atoms with van der Waals surface area (Å²) in [6.45, 7) is 6.24. The number of benzene rings is 1. The number of unbranched alkanes of at least 4 members (excludes halogenated alkanes) is 4. The Morgan fingerprint density at radius 1 is 1.12 bits per heavy atom. The third kappa shape index (κ3) is 4.87. The van der Waals surface area contributed by atoms with Crippen molar-refractivity contribution >= 4 is 39.8 Å². The predicted octanol–water partition coefficient (Wildman–Crippen LogP) is 6.08. The van der Waals surface area contributed by atoms with Gasteiger partial charge in [-0.1, -0.05) is 32.6 Å². The highest BCUT2D eigenvalue weighted by molar-refractivity contribution is 8.26. The molecule has 7 nitrogen and oxygen atoms in total. The molecule has 0 radical (unpaired) electrons. The number of carbonyl (C=O) groups is 1. The molecule has 2 aliphatic rings. The van der Waals surface area contributed by atoms with Crippen LogP contribution in [0.4, 0.5) is 0 Å². The monoisotopic (exact) mass is 477 g/mol. The quantitative estimate of drug-likeness (QED) is 0.350. The molecule has 1 amide bonds. The van der Waals surface area contributed by atoms with Gasteiger partial charge in [0.25, 0.3) is 5.91 Å². The van der Waals surface area contributed by atoms with Crippen LogP contribution < -0.4 is 4.74 Å². The second kappa shape index (κ2) is 10.4. The molecule has 34 heavy (non-hydrogen) atoms. The van der Waals surface area contributed by atoms with Crippen LogP contribution in [0.5, 0.6) is 5.75 Å². The van der Waals surface area contributed by atoms with Gasteiger partial charge in [-0.2, -0.15) is 15.1 Å².